The van der Waals surface area contributed by atoms with Crippen LogP contribution in [0, 0.1) is 5.92 Å². The zero-order valence-electron chi connectivity index (χ0n) is 16.1. The molecule has 2 aliphatic carbocycles. The molecule has 1 spiro atoms. The molecule has 0 radical (unpaired) electrons. The van der Waals surface area contributed by atoms with Crippen LogP contribution in [0.25, 0.3) is 0 Å². The fourth-order valence-corrected chi connectivity index (χ4v) is 5.93. The minimum atomic E-state index is -0.145. The third kappa shape index (κ3) is 1.81. The van der Waals surface area contributed by atoms with E-state index >= 15 is 0 Å². The molecule has 6 rings (SSSR count). The Hall–Kier alpha value is -2.88. The molecule has 0 N–H and O–H groups in total. The monoisotopic (exact) mass is 373 g/mol. The van der Waals surface area contributed by atoms with Crippen molar-refractivity contribution in [2.24, 2.45) is 5.92 Å². The zero-order valence-corrected chi connectivity index (χ0v) is 16.1. The third-order valence-corrected chi connectivity index (χ3v) is 7.03. The summed E-state index contributed by atoms with van der Waals surface area (Å²) in [5.74, 6) is 3.88. The molecule has 1 unspecified atom stereocenters. The highest BCUT2D eigenvalue weighted by molar-refractivity contribution is 5.68. The minimum absolute atomic E-state index is 0.145. The summed E-state index contributed by atoms with van der Waals surface area (Å²) < 4.78 is 17.9. The van der Waals surface area contributed by atoms with Crippen LogP contribution in [-0.4, -0.2) is 26.8 Å². The normalized spacial score (nSPS) is 28.7. The van der Waals surface area contributed by atoms with Gasteiger partial charge in [-0.2, -0.15) is 0 Å². The number of ether oxygens (including phenoxy) is 3. The molecule has 0 aromatic heterocycles. The maximum atomic E-state index is 6.50. The van der Waals surface area contributed by atoms with Crippen molar-refractivity contribution in [1.82, 2.24) is 0 Å². The molecule has 0 saturated carbocycles. The molecule has 4 heteroatoms. The Morgan fingerprint density at radius 1 is 1.07 bits per heavy atom. The van der Waals surface area contributed by atoms with E-state index in [1.807, 2.05) is 6.07 Å². The largest absolute Gasteiger partial charge is 0.493 e. The van der Waals surface area contributed by atoms with Crippen LogP contribution in [0.5, 0.6) is 11.5 Å². The fourth-order valence-electron chi connectivity index (χ4n) is 5.93. The Kier molecular flexibility index (Phi) is 3.20. The number of rotatable bonds is 3. The highest BCUT2D eigenvalue weighted by Crippen LogP contribution is 2.64. The number of anilines is 1. The third-order valence-electron chi connectivity index (χ3n) is 7.03. The van der Waals surface area contributed by atoms with Gasteiger partial charge in [0.25, 0.3) is 0 Å². The maximum absolute atomic E-state index is 6.50. The van der Waals surface area contributed by atoms with Crippen LogP contribution in [0.15, 0.2) is 66.1 Å². The van der Waals surface area contributed by atoms with E-state index in [2.05, 4.69) is 53.5 Å². The van der Waals surface area contributed by atoms with E-state index in [0.29, 0.717) is 12.0 Å². The number of hydrogen-bond acceptors (Lipinski definition) is 4. The van der Waals surface area contributed by atoms with Crippen LogP contribution in [0.4, 0.5) is 5.69 Å². The Labute approximate surface area is 165 Å². The number of benzene rings is 2. The Balaban J connectivity index is 1.59. The molecule has 2 bridgehead atoms. The van der Waals surface area contributed by atoms with Crippen molar-refractivity contribution in [3.63, 3.8) is 0 Å². The molecule has 3 atom stereocenters. The van der Waals surface area contributed by atoms with Gasteiger partial charge in [-0.1, -0.05) is 30.3 Å². The van der Waals surface area contributed by atoms with Gasteiger partial charge in [-0.15, -0.1) is 0 Å². The Bertz CT molecular complexity index is 1030. The van der Waals surface area contributed by atoms with Gasteiger partial charge in [-0.05, 0) is 42.7 Å². The number of piperidine rings is 1. The number of methoxy groups -OCH3 is 2. The first-order chi connectivity index (χ1) is 13.8. The first-order valence-electron chi connectivity index (χ1n) is 9.95. The second kappa shape index (κ2) is 5.57. The summed E-state index contributed by atoms with van der Waals surface area (Å²) in [5.41, 5.74) is 3.86. The summed E-state index contributed by atoms with van der Waals surface area (Å²) >= 11 is 0. The molecular weight excluding hydrogens is 350 g/mol. The fraction of sp³-hybridized carbons (Fsp3) is 0.333. The molecule has 2 aromatic rings. The van der Waals surface area contributed by atoms with E-state index in [0.717, 1.165) is 42.4 Å². The quantitative estimate of drug-likeness (QED) is 0.807. The van der Waals surface area contributed by atoms with Crippen LogP contribution in [-0.2, 0) is 16.6 Å². The lowest BCUT2D eigenvalue weighted by Crippen LogP contribution is -2.60. The predicted molar refractivity (Wildman–Crippen MR) is 108 cm³/mol. The van der Waals surface area contributed by atoms with Gasteiger partial charge in [-0.25, -0.2) is 0 Å². The van der Waals surface area contributed by atoms with Gasteiger partial charge < -0.3 is 19.1 Å². The molecule has 2 aromatic carbocycles. The van der Waals surface area contributed by atoms with Crippen molar-refractivity contribution in [3.05, 3.63) is 77.3 Å². The van der Waals surface area contributed by atoms with Crippen LogP contribution < -0.4 is 14.4 Å². The van der Waals surface area contributed by atoms with Crippen molar-refractivity contribution in [3.8, 4) is 11.5 Å². The molecule has 2 heterocycles. The van der Waals surface area contributed by atoms with Gasteiger partial charge >= 0.3 is 0 Å². The van der Waals surface area contributed by atoms with Crippen LogP contribution in [0.1, 0.15) is 17.5 Å². The molecule has 142 valence electrons. The van der Waals surface area contributed by atoms with Gasteiger partial charge in [0.1, 0.15) is 0 Å². The first-order valence-corrected chi connectivity index (χ1v) is 9.95. The molecule has 4 aliphatic rings. The lowest BCUT2D eigenvalue weighted by atomic mass is 9.55. The van der Waals surface area contributed by atoms with E-state index in [4.69, 9.17) is 14.2 Å². The maximum Gasteiger partial charge on any atom is 0.173 e. The van der Waals surface area contributed by atoms with Crippen molar-refractivity contribution in [2.75, 3.05) is 25.7 Å². The lowest BCUT2D eigenvalue weighted by molar-refractivity contribution is 0.172. The number of para-hydroxylation sites is 1. The highest BCUT2D eigenvalue weighted by Gasteiger charge is 2.62. The lowest BCUT2D eigenvalue weighted by Gasteiger charge is -2.55. The summed E-state index contributed by atoms with van der Waals surface area (Å²) in [4.78, 5) is 2.58. The number of hydrogen-bond donors (Lipinski definition) is 0. The zero-order chi connectivity index (χ0) is 18.9. The summed E-state index contributed by atoms with van der Waals surface area (Å²) in [7, 11) is 3.44. The number of allylic oxidation sites excluding steroid dienone is 2. The topological polar surface area (TPSA) is 30.9 Å². The summed E-state index contributed by atoms with van der Waals surface area (Å²) in [5, 5.41) is 0. The van der Waals surface area contributed by atoms with E-state index < -0.39 is 0 Å². The second-order valence-electron chi connectivity index (χ2n) is 8.04. The molecular formula is C24H23NO3. The average molecular weight is 373 g/mol. The van der Waals surface area contributed by atoms with Gasteiger partial charge in [0.2, 0.25) is 0 Å². The molecule has 1 saturated heterocycles. The summed E-state index contributed by atoms with van der Waals surface area (Å²) in [6, 6.07) is 15.5. The smallest absolute Gasteiger partial charge is 0.173 e. The second-order valence-corrected chi connectivity index (χ2v) is 8.04. The summed E-state index contributed by atoms with van der Waals surface area (Å²) in [6.45, 7) is 0.999. The predicted octanol–water partition coefficient (Wildman–Crippen LogP) is 4.20. The van der Waals surface area contributed by atoms with Crippen molar-refractivity contribution >= 4 is 5.69 Å². The van der Waals surface area contributed by atoms with Gasteiger partial charge in [0.05, 0.1) is 19.6 Å². The average Bonchev–Trinajstić information content (AvgIpc) is 3.08. The van der Waals surface area contributed by atoms with Crippen LogP contribution in [0.3, 0.4) is 0 Å². The molecule has 2 aliphatic heterocycles. The Morgan fingerprint density at radius 3 is 2.71 bits per heavy atom. The minimum Gasteiger partial charge on any atom is -0.493 e. The van der Waals surface area contributed by atoms with E-state index in [9.17, 15) is 0 Å². The van der Waals surface area contributed by atoms with Crippen LogP contribution >= 0.6 is 0 Å². The summed E-state index contributed by atoms with van der Waals surface area (Å²) in [6.07, 6.45) is 6.46. The van der Waals surface area contributed by atoms with Gasteiger partial charge in [0, 0.05) is 29.8 Å². The molecule has 4 nitrogen and oxygen atoms in total. The van der Waals surface area contributed by atoms with Gasteiger partial charge in [0.15, 0.2) is 23.0 Å². The van der Waals surface area contributed by atoms with Crippen molar-refractivity contribution in [1.29, 1.82) is 0 Å². The molecule has 1 fully saturated rings. The highest BCUT2D eigenvalue weighted by atomic mass is 16.5. The Morgan fingerprint density at radius 2 is 1.93 bits per heavy atom. The van der Waals surface area contributed by atoms with Crippen LogP contribution in [0.2, 0.25) is 0 Å². The van der Waals surface area contributed by atoms with E-state index in [-0.39, 0.29) is 5.41 Å². The molecule has 28 heavy (non-hydrogen) atoms. The standard InChI is InChI=1S/C24H23NO3/c1-26-19-10-8-15-14-18-17-9-11-20(27-2)23-24(17,21(15)22(19)28-23)12-13-25(18)16-6-4-3-5-7-16/h3-11,17-18H,12-14H2,1-2H3/t17?,18-,24-/m0/s1. The van der Waals surface area contributed by atoms with Crippen molar-refractivity contribution in [2.45, 2.75) is 24.3 Å². The first kappa shape index (κ1) is 16.1. The SMILES string of the molecule is COC1=C2Oc3c(OC)ccc4c3[C@@]23CCN(c2ccccc2)[C@@H](C4)C3C=C1. The van der Waals surface area contributed by atoms with Gasteiger partial charge in [-0.3, -0.25) is 0 Å². The van der Waals surface area contributed by atoms with Crippen molar-refractivity contribution < 1.29 is 14.2 Å². The van der Waals surface area contributed by atoms with E-state index in [1.54, 1.807) is 14.2 Å². The molecule has 0 amide bonds. The van der Waals surface area contributed by atoms with E-state index in [1.165, 1.54) is 16.8 Å². The number of nitrogens with zero attached hydrogens (tertiary/aromatic N) is 1.